The summed E-state index contributed by atoms with van der Waals surface area (Å²) < 4.78 is 10.4. The number of rotatable bonds is 9. The molecule has 0 saturated heterocycles. The molecule has 0 radical (unpaired) electrons. The Morgan fingerprint density at radius 2 is 1.68 bits per heavy atom. The SMILES string of the molecule is COC(=O)c1c(C)nc(C)c(C(=O)OCCNCc2ccccc2)c1-c1cccc([N+](=O)[O-])c1. The standard InChI is InChI=1S/C25H25N3O6/c1-16-21(24(29)33-3)23(19-10-7-11-20(14-19)28(31)32)22(17(2)27-16)25(30)34-13-12-26-15-18-8-5-4-6-9-18/h4-11,14,26H,12-13,15H2,1-3H3. The van der Waals surface area contributed by atoms with Crippen LogP contribution in [0.5, 0.6) is 0 Å². The number of aryl methyl sites for hydroxylation is 2. The van der Waals surface area contributed by atoms with Crippen molar-refractivity contribution in [2.45, 2.75) is 20.4 Å². The average molecular weight is 463 g/mol. The number of hydrogen-bond acceptors (Lipinski definition) is 8. The lowest BCUT2D eigenvalue weighted by atomic mass is 9.92. The molecule has 1 heterocycles. The second kappa shape index (κ2) is 11.2. The maximum absolute atomic E-state index is 13.1. The molecule has 0 saturated carbocycles. The van der Waals surface area contributed by atoms with Crippen LogP contribution in [-0.4, -0.2) is 42.1 Å². The third kappa shape index (κ3) is 5.62. The van der Waals surface area contributed by atoms with Crippen LogP contribution in [0, 0.1) is 24.0 Å². The molecule has 0 bridgehead atoms. The molecule has 9 heteroatoms. The van der Waals surface area contributed by atoms with Gasteiger partial charge in [0, 0.05) is 30.8 Å². The van der Waals surface area contributed by atoms with Crippen molar-refractivity contribution >= 4 is 17.6 Å². The first-order valence-electron chi connectivity index (χ1n) is 10.6. The Balaban J connectivity index is 1.91. The molecule has 0 unspecified atom stereocenters. The topological polar surface area (TPSA) is 121 Å². The van der Waals surface area contributed by atoms with Crippen molar-refractivity contribution in [3.8, 4) is 11.1 Å². The van der Waals surface area contributed by atoms with Gasteiger partial charge in [-0.3, -0.25) is 15.1 Å². The van der Waals surface area contributed by atoms with Crippen molar-refractivity contribution in [3.63, 3.8) is 0 Å². The number of non-ortho nitro benzene ring substituents is 1. The highest BCUT2D eigenvalue weighted by molar-refractivity contribution is 6.07. The van der Waals surface area contributed by atoms with Gasteiger partial charge in [0.1, 0.15) is 6.61 Å². The highest BCUT2D eigenvalue weighted by atomic mass is 16.6. The summed E-state index contributed by atoms with van der Waals surface area (Å²) in [5.41, 5.74) is 2.24. The van der Waals surface area contributed by atoms with Crippen LogP contribution in [0.1, 0.15) is 37.7 Å². The summed E-state index contributed by atoms with van der Waals surface area (Å²) >= 11 is 0. The minimum Gasteiger partial charge on any atom is -0.465 e. The van der Waals surface area contributed by atoms with Gasteiger partial charge in [0.05, 0.1) is 34.5 Å². The van der Waals surface area contributed by atoms with E-state index in [1.54, 1.807) is 19.9 Å². The second-order valence-electron chi connectivity index (χ2n) is 7.50. The Morgan fingerprint density at radius 3 is 2.32 bits per heavy atom. The third-order valence-corrected chi connectivity index (χ3v) is 5.18. The van der Waals surface area contributed by atoms with Gasteiger partial charge in [-0.15, -0.1) is 0 Å². The lowest BCUT2D eigenvalue weighted by Crippen LogP contribution is -2.22. The van der Waals surface area contributed by atoms with E-state index in [4.69, 9.17) is 9.47 Å². The van der Waals surface area contributed by atoms with Gasteiger partial charge in [-0.2, -0.15) is 0 Å². The van der Waals surface area contributed by atoms with E-state index in [2.05, 4.69) is 10.3 Å². The maximum atomic E-state index is 13.1. The monoisotopic (exact) mass is 463 g/mol. The van der Waals surface area contributed by atoms with Crippen LogP contribution in [0.25, 0.3) is 11.1 Å². The summed E-state index contributed by atoms with van der Waals surface area (Å²) in [6.07, 6.45) is 0. The fraction of sp³-hybridized carbons (Fsp3) is 0.240. The third-order valence-electron chi connectivity index (χ3n) is 5.18. The number of benzene rings is 2. The van der Waals surface area contributed by atoms with Crippen LogP contribution in [-0.2, 0) is 16.0 Å². The molecule has 0 aliphatic carbocycles. The van der Waals surface area contributed by atoms with Crippen LogP contribution < -0.4 is 5.32 Å². The Bertz CT molecular complexity index is 1210. The number of aromatic nitrogens is 1. The van der Waals surface area contributed by atoms with Crippen molar-refractivity contribution in [1.29, 1.82) is 0 Å². The second-order valence-corrected chi connectivity index (χ2v) is 7.50. The van der Waals surface area contributed by atoms with Gasteiger partial charge >= 0.3 is 11.9 Å². The van der Waals surface area contributed by atoms with Gasteiger partial charge in [0.2, 0.25) is 0 Å². The van der Waals surface area contributed by atoms with Crippen LogP contribution in [0.2, 0.25) is 0 Å². The number of esters is 2. The van der Waals surface area contributed by atoms with E-state index < -0.39 is 16.9 Å². The number of methoxy groups -OCH3 is 1. The number of nitro groups is 1. The maximum Gasteiger partial charge on any atom is 0.340 e. The minimum atomic E-state index is -0.704. The lowest BCUT2D eigenvalue weighted by molar-refractivity contribution is -0.384. The molecule has 176 valence electrons. The molecular formula is C25H25N3O6. The summed E-state index contributed by atoms with van der Waals surface area (Å²) in [6, 6.07) is 15.5. The number of nitrogens with one attached hydrogen (secondary N) is 1. The fourth-order valence-electron chi connectivity index (χ4n) is 3.63. The zero-order valence-corrected chi connectivity index (χ0v) is 19.2. The number of pyridine rings is 1. The summed E-state index contributed by atoms with van der Waals surface area (Å²) in [6.45, 7) is 4.35. The molecule has 34 heavy (non-hydrogen) atoms. The van der Waals surface area contributed by atoms with E-state index >= 15 is 0 Å². The Labute approximate surface area is 196 Å². The van der Waals surface area contributed by atoms with Gasteiger partial charge in [-0.05, 0) is 25.0 Å². The van der Waals surface area contributed by atoms with Crippen LogP contribution in [0.15, 0.2) is 54.6 Å². The molecule has 2 aromatic carbocycles. The van der Waals surface area contributed by atoms with E-state index in [9.17, 15) is 19.7 Å². The number of nitrogens with zero attached hydrogens (tertiary/aromatic N) is 2. The van der Waals surface area contributed by atoms with Crippen molar-refractivity contribution in [3.05, 3.63) is 92.8 Å². The predicted octanol–water partition coefficient (Wildman–Crippen LogP) is 4.01. The van der Waals surface area contributed by atoms with E-state index in [1.165, 1.54) is 25.3 Å². The van der Waals surface area contributed by atoms with Gasteiger partial charge in [0.25, 0.3) is 5.69 Å². The first-order valence-corrected chi connectivity index (χ1v) is 10.6. The van der Waals surface area contributed by atoms with Crippen molar-refractivity contribution in [1.82, 2.24) is 10.3 Å². The zero-order chi connectivity index (χ0) is 24.7. The molecule has 3 rings (SSSR count). The van der Waals surface area contributed by atoms with Gasteiger partial charge in [0.15, 0.2) is 0 Å². The van der Waals surface area contributed by atoms with Crippen LogP contribution >= 0.6 is 0 Å². The molecule has 0 fully saturated rings. The minimum absolute atomic E-state index is 0.0581. The highest BCUT2D eigenvalue weighted by Gasteiger charge is 2.28. The molecular weight excluding hydrogens is 438 g/mol. The average Bonchev–Trinajstić information content (AvgIpc) is 2.83. The molecule has 0 amide bonds. The molecule has 0 aliphatic rings. The van der Waals surface area contributed by atoms with Crippen molar-refractivity contribution < 1.29 is 24.0 Å². The van der Waals surface area contributed by atoms with Crippen LogP contribution in [0.4, 0.5) is 5.69 Å². The first-order chi connectivity index (χ1) is 16.3. The molecule has 0 spiro atoms. The van der Waals surface area contributed by atoms with E-state index in [0.717, 1.165) is 5.56 Å². The molecule has 0 aliphatic heterocycles. The normalized spacial score (nSPS) is 10.6. The summed E-state index contributed by atoms with van der Waals surface area (Å²) in [5.74, 6) is -1.39. The summed E-state index contributed by atoms with van der Waals surface area (Å²) in [7, 11) is 1.22. The first kappa shape index (κ1) is 24.5. The molecule has 1 aromatic heterocycles. The van der Waals surface area contributed by atoms with Crippen molar-refractivity contribution in [2.75, 3.05) is 20.3 Å². The predicted molar refractivity (Wildman–Crippen MR) is 126 cm³/mol. The smallest absolute Gasteiger partial charge is 0.340 e. The summed E-state index contributed by atoms with van der Waals surface area (Å²) in [4.78, 5) is 40.8. The largest absolute Gasteiger partial charge is 0.465 e. The van der Waals surface area contributed by atoms with Gasteiger partial charge in [-0.1, -0.05) is 42.5 Å². The molecule has 0 atom stereocenters. The molecule has 1 N–H and O–H groups in total. The number of hydrogen-bond donors (Lipinski definition) is 1. The van der Waals surface area contributed by atoms with E-state index in [1.807, 2.05) is 30.3 Å². The molecule has 3 aromatic rings. The Hall–Kier alpha value is -4.11. The Kier molecular flexibility index (Phi) is 8.05. The van der Waals surface area contributed by atoms with Crippen LogP contribution in [0.3, 0.4) is 0 Å². The van der Waals surface area contributed by atoms with Gasteiger partial charge in [-0.25, -0.2) is 9.59 Å². The number of ether oxygens (including phenoxy) is 2. The Morgan fingerprint density at radius 1 is 1.00 bits per heavy atom. The fourth-order valence-corrected chi connectivity index (χ4v) is 3.63. The van der Waals surface area contributed by atoms with E-state index in [-0.39, 0.29) is 29.0 Å². The number of carbonyl (C=O) groups excluding carboxylic acids is 2. The quantitative estimate of drug-likeness (QED) is 0.219. The number of nitro benzene ring substituents is 1. The highest BCUT2D eigenvalue weighted by Crippen LogP contribution is 2.34. The molecule has 9 nitrogen and oxygen atoms in total. The van der Waals surface area contributed by atoms with Gasteiger partial charge < -0.3 is 14.8 Å². The van der Waals surface area contributed by atoms with E-state index in [0.29, 0.717) is 30.0 Å². The summed E-state index contributed by atoms with van der Waals surface area (Å²) in [5, 5.41) is 14.5. The lowest BCUT2D eigenvalue weighted by Gasteiger charge is -2.17. The number of carbonyl (C=O) groups is 2. The van der Waals surface area contributed by atoms with Crippen molar-refractivity contribution in [2.24, 2.45) is 0 Å². The zero-order valence-electron chi connectivity index (χ0n) is 19.2.